The molecule has 0 N–H and O–H groups in total. The summed E-state index contributed by atoms with van der Waals surface area (Å²) in [5, 5.41) is 4.73. The molecule has 0 atom stereocenters. The van der Waals surface area contributed by atoms with E-state index in [9.17, 15) is 0 Å². The van der Waals surface area contributed by atoms with E-state index in [1.165, 1.54) is 42.4 Å². The lowest BCUT2D eigenvalue weighted by molar-refractivity contribution is 0.669. The molecule has 4 heteroatoms. The van der Waals surface area contributed by atoms with Crippen LogP contribution in [0.25, 0.3) is 86.6 Å². The second-order valence-electron chi connectivity index (χ2n) is 17.6. The standard InChI is InChI=1S/C66H44N2OS/c1-5-20-45(21-6-1)49-24-17-29-53(42-49)67(51-25-9-3-10-26-51)59-33-19-34-60(68(52-27-11-4-12-28-52)61-35-18-32-56-54-30-13-15-36-62(54)69-65(56)61)64(59)48-40-38-46(39-41-48)50-43-57(47-22-7-2-8-23-47)66-58(44-50)55-31-14-16-37-63(55)70-66/h1-44H. The number of benzene rings is 11. The Labute approximate surface area is 411 Å². The van der Waals surface area contributed by atoms with Gasteiger partial charge in [0.25, 0.3) is 0 Å². The lowest BCUT2D eigenvalue weighted by Gasteiger charge is -2.33. The molecule has 13 aromatic rings. The minimum Gasteiger partial charge on any atom is -0.454 e. The third kappa shape index (κ3) is 7.30. The van der Waals surface area contributed by atoms with E-state index in [-0.39, 0.29) is 0 Å². The van der Waals surface area contributed by atoms with E-state index in [1.54, 1.807) is 0 Å². The molecule has 11 aromatic carbocycles. The Hall–Kier alpha value is -8.96. The third-order valence-electron chi connectivity index (χ3n) is 13.4. The van der Waals surface area contributed by atoms with Crippen LogP contribution in [0.1, 0.15) is 0 Å². The molecule has 0 saturated heterocycles. The van der Waals surface area contributed by atoms with E-state index in [2.05, 4.69) is 271 Å². The average molecular weight is 913 g/mol. The Morgan fingerprint density at radius 1 is 0.300 bits per heavy atom. The number of para-hydroxylation sites is 4. The maximum atomic E-state index is 6.83. The quantitative estimate of drug-likeness (QED) is 0.136. The minimum atomic E-state index is 0.834. The van der Waals surface area contributed by atoms with Crippen molar-refractivity contribution in [3.05, 3.63) is 267 Å². The third-order valence-corrected chi connectivity index (χ3v) is 14.7. The summed E-state index contributed by atoms with van der Waals surface area (Å²) in [7, 11) is 0. The van der Waals surface area contributed by atoms with Crippen molar-refractivity contribution in [1.29, 1.82) is 0 Å². The van der Waals surface area contributed by atoms with Gasteiger partial charge < -0.3 is 14.2 Å². The highest BCUT2D eigenvalue weighted by atomic mass is 32.1. The van der Waals surface area contributed by atoms with E-state index in [0.717, 1.165) is 78.3 Å². The van der Waals surface area contributed by atoms with E-state index in [4.69, 9.17) is 4.42 Å². The molecule has 0 aliphatic heterocycles. The minimum absolute atomic E-state index is 0.834. The molecule has 2 aromatic heterocycles. The van der Waals surface area contributed by atoms with Gasteiger partial charge in [-0.3, -0.25) is 0 Å². The zero-order valence-corrected chi connectivity index (χ0v) is 38.9. The highest BCUT2D eigenvalue weighted by Crippen LogP contribution is 2.51. The van der Waals surface area contributed by atoms with Crippen LogP contribution in [-0.4, -0.2) is 0 Å². The van der Waals surface area contributed by atoms with Gasteiger partial charge in [0.15, 0.2) is 5.58 Å². The summed E-state index contributed by atoms with van der Waals surface area (Å²) in [4.78, 5) is 4.79. The van der Waals surface area contributed by atoms with E-state index < -0.39 is 0 Å². The van der Waals surface area contributed by atoms with Crippen LogP contribution in [0.4, 0.5) is 34.1 Å². The summed E-state index contributed by atoms with van der Waals surface area (Å²) in [6, 6.07) is 96.1. The summed E-state index contributed by atoms with van der Waals surface area (Å²) in [6.07, 6.45) is 0. The summed E-state index contributed by atoms with van der Waals surface area (Å²) >= 11 is 1.87. The van der Waals surface area contributed by atoms with Gasteiger partial charge in [0.2, 0.25) is 0 Å². The van der Waals surface area contributed by atoms with Gasteiger partial charge in [-0.05, 0) is 112 Å². The van der Waals surface area contributed by atoms with Crippen LogP contribution in [0.2, 0.25) is 0 Å². The maximum absolute atomic E-state index is 6.83. The van der Waals surface area contributed by atoms with Crippen molar-refractivity contribution in [1.82, 2.24) is 0 Å². The van der Waals surface area contributed by atoms with Crippen molar-refractivity contribution in [2.45, 2.75) is 0 Å². The van der Waals surface area contributed by atoms with Crippen LogP contribution in [0, 0.1) is 0 Å². The first kappa shape index (κ1) is 41.2. The fourth-order valence-corrected chi connectivity index (χ4v) is 11.4. The molecule has 0 bridgehead atoms. The van der Waals surface area contributed by atoms with Crippen molar-refractivity contribution < 1.29 is 4.42 Å². The number of thiophene rings is 1. The molecule has 2 heterocycles. The topological polar surface area (TPSA) is 19.6 Å². The molecule has 0 aliphatic rings. The smallest absolute Gasteiger partial charge is 0.159 e. The first-order valence-corrected chi connectivity index (χ1v) is 24.6. The van der Waals surface area contributed by atoms with Crippen molar-refractivity contribution in [3.63, 3.8) is 0 Å². The van der Waals surface area contributed by atoms with E-state index in [0.29, 0.717) is 0 Å². The number of hydrogen-bond acceptors (Lipinski definition) is 4. The fourth-order valence-electron chi connectivity index (χ4n) is 10.2. The van der Waals surface area contributed by atoms with Crippen molar-refractivity contribution in [3.8, 4) is 44.5 Å². The van der Waals surface area contributed by atoms with Gasteiger partial charge in [0.05, 0.1) is 17.1 Å². The lowest BCUT2D eigenvalue weighted by Crippen LogP contribution is -2.15. The summed E-state index contributed by atoms with van der Waals surface area (Å²) in [6.45, 7) is 0. The van der Waals surface area contributed by atoms with Gasteiger partial charge in [-0.2, -0.15) is 0 Å². The number of fused-ring (bicyclic) bond motifs is 6. The van der Waals surface area contributed by atoms with Gasteiger partial charge >= 0.3 is 0 Å². The molecule has 0 aliphatic carbocycles. The molecule has 0 spiro atoms. The lowest BCUT2D eigenvalue weighted by atomic mass is 9.93. The average Bonchev–Trinajstić information content (AvgIpc) is 4.01. The van der Waals surface area contributed by atoms with Crippen molar-refractivity contribution >= 4 is 87.6 Å². The van der Waals surface area contributed by atoms with Crippen LogP contribution in [0.5, 0.6) is 0 Å². The number of nitrogens with zero attached hydrogens (tertiary/aromatic N) is 2. The van der Waals surface area contributed by atoms with E-state index >= 15 is 0 Å². The van der Waals surface area contributed by atoms with Gasteiger partial charge in [-0.25, -0.2) is 0 Å². The van der Waals surface area contributed by atoms with Crippen LogP contribution in [-0.2, 0) is 0 Å². The van der Waals surface area contributed by atoms with Gasteiger partial charge in [0.1, 0.15) is 5.58 Å². The van der Waals surface area contributed by atoms with Crippen molar-refractivity contribution in [2.75, 3.05) is 9.80 Å². The largest absolute Gasteiger partial charge is 0.454 e. The molecule has 0 unspecified atom stereocenters. The molecule has 70 heavy (non-hydrogen) atoms. The van der Waals surface area contributed by atoms with Gasteiger partial charge in [0, 0.05) is 59.1 Å². The first-order chi connectivity index (χ1) is 34.7. The Balaban J connectivity index is 1.06. The molecular formula is C66H44N2OS. The number of furan rings is 1. The molecule has 3 nitrogen and oxygen atoms in total. The molecule has 13 rings (SSSR count). The predicted molar refractivity (Wildman–Crippen MR) is 298 cm³/mol. The second kappa shape index (κ2) is 17.6. The Morgan fingerprint density at radius 2 is 0.814 bits per heavy atom. The molecule has 0 radical (unpaired) electrons. The number of rotatable bonds is 10. The Kier molecular flexibility index (Phi) is 10.4. The number of anilines is 6. The van der Waals surface area contributed by atoms with E-state index in [1.807, 2.05) is 17.4 Å². The summed E-state index contributed by atoms with van der Waals surface area (Å²) < 4.78 is 9.44. The molecular weight excluding hydrogens is 869 g/mol. The second-order valence-corrected chi connectivity index (χ2v) is 18.7. The monoisotopic (exact) mass is 912 g/mol. The highest BCUT2D eigenvalue weighted by Gasteiger charge is 2.27. The Morgan fingerprint density at radius 3 is 1.56 bits per heavy atom. The molecule has 0 amide bonds. The van der Waals surface area contributed by atoms with Crippen LogP contribution in [0.15, 0.2) is 271 Å². The molecule has 0 saturated carbocycles. The van der Waals surface area contributed by atoms with Gasteiger partial charge in [-0.15, -0.1) is 11.3 Å². The summed E-state index contributed by atoms with van der Waals surface area (Å²) in [5.41, 5.74) is 17.1. The normalized spacial score (nSPS) is 11.4. The molecule has 0 fully saturated rings. The molecule has 330 valence electrons. The summed E-state index contributed by atoms with van der Waals surface area (Å²) in [5.74, 6) is 0. The maximum Gasteiger partial charge on any atom is 0.159 e. The van der Waals surface area contributed by atoms with Gasteiger partial charge in [-0.1, -0.05) is 188 Å². The first-order valence-electron chi connectivity index (χ1n) is 23.7. The Bertz CT molecular complexity index is 3990. The zero-order valence-electron chi connectivity index (χ0n) is 38.1. The predicted octanol–water partition coefficient (Wildman–Crippen LogP) is 19.6. The van der Waals surface area contributed by atoms with Crippen LogP contribution >= 0.6 is 11.3 Å². The zero-order chi connectivity index (χ0) is 46.4. The highest BCUT2D eigenvalue weighted by molar-refractivity contribution is 7.26. The fraction of sp³-hybridized carbons (Fsp3) is 0. The van der Waals surface area contributed by atoms with Crippen molar-refractivity contribution in [2.24, 2.45) is 0 Å². The van der Waals surface area contributed by atoms with Crippen LogP contribution < -0.4 is 9.80 Å². The number of hydrogen-bond donors (Lipinski definition) is 0. The van der Waals surface area contributed by atoms with Crippen LogP contribution in [0.3, 0.4) is 0 Å². The SMILES string of the molecule is c1ccc(-c2cccc(N(c3ccccc3)c3cccc(N(c4ccccc4)c4cccc5c4oc4ccccc45)c3-c3ccc(-c4cc(-c5ccccc5)c5sc6ccccc6c5c4)cc3)c2)cc1.